The number of hydrogen-bond donors (Lipinski definition) is 0. The van der Waals surface area contributed by atoms with Gasteiger partial charge in [0.2, 0.25) is 0 Å². The summed E-state index contributed by atoms with van der Waals surface area (Å²) in [6.07, 6.45) is 3.55. The van der Waals surface area contributed by atoms with Gasteiger partial charge in [0.15, 0.2) is 5.88 Å². The summed E-state index contributed by atoms with van der Waals surface area (Å²) < 4.78 is 11.9. The molecule has 2 aromatic carbocycles. The molecule has 0 spiro atoms. The number of carbonyl (C=O) groups is 1. The fourth-order valence-electron chi connectivity index (χ4n) is 4.42. The molecule has 0 unspecified atom stereocenters. The lowest BCUT2D eigenvalue weighted by Crippen LogP contribution is -2.34. The Labute approximate surface area is 178 Å². The number of carbonyl (C=O) groups excluding carboxylic acids is 1. The quantitative estimate of drug-likeness (QED) is 0.619. The van der Waals surface area contributed by atoms with Gasteiger partial charge in [0, 0.05) is 18.7 Å². The zero-order chi connectivity index (χ0) is 20.9. The van der Waals surface area contributed by atoms with Crippen LogP contribution in [0, 0.1) is 0 Å². The minimum absolute atomic E-state index is 0.238. The minimum atomic E-state index is -0.310. The minimum Gasteiger partial charge on any atom is -0.463 e. The summed E-state index contributed by atoms with van der Waals surface area (Å²) in [5.41, 5.74) is 3.76. The molecule has 1 fully saturated rings. The first-order valence-electron chi connectivity index (χ1n) is 10.9. The van der Waals surface area contributed by atoms with Crippen LogP contribution in [0.4, 0.5) is 0 Å². The van der Waals surface area contributed by atoms with Crippen LogP contribution < -0.4 is 0 Å². The van der Waals surface area contributed by atoms with E-state index in [0.29, 0.717) is 17.9 Å². The van der Waals surface area contributed by atoms with E-state index in [4.69, 9.17) is 9.47 Å². The third kappa shape index (κ3) is 4.00. The summed E-state index contributed by atoms with van der Waals surface area (Å²) in [7, 11) is 0. The molecule has 0 N–H and O–H groups in total. The number of ether oxygens (including phenoxy) is 2. The zero-order valence-corrected chi connectivity index (χ0v) is 17.8. The summed E-state index contributed by atoms with van der Waals surface area (Å²) in [6.45, 7) is 5.99. The lowest BCUT2D eigenvalue weighted by atomic mass is 9.79. The number of likely N-dealkylation sites (tertiary alicyclic amines) is 1. The molecule has 0 amide bonds. The van der Waals surface area contributed by atoms with Crippen LogP contribution in [0.25, 0.3) is 5.57 Å². The normalized spacial score (nSPS) is 19.5. The van der Waals surface area contributed by atoms with Crippen LogP contribution in [0.5, 0.6) is 0 Å². The van der Waals surface area contributed by atoms with Crippen molar-refractivity contribution in [3.05, 3.63) is 89.0 Å². The Bertz CT molecular complexity index is 941. The average Bonchev–Trinajstić information content (AvgIpc) is 2.80. The highest BCUT2D eigenvalue weighted by atomic mass is 16.5. The molecule has 0 bridgehead atoms. The van der Waals surface area contributed by atoms with Gasteiger partial charge in [0.25, 0.3) is 0 Å². The van der Waals surface area contributed by atoms with Gasteiger partial charge in [-0.05, 0) is 44.2 Å². The summed E-state index contributed by atoms with van der Waals surface area (Å²) >= 11 is 0. The van der Waals surface area contributed by atoms with Crippen LogP contribution >= 0.6 is 0 Å². The number of piperidine rings is 1. The lowest BCUT2D eigenvalue weighted by molar-refractivity contribution is -0.139. The fraction of sp³-hybridized carbons (Fsp3) is 0.346. The highest BCUT2D eigenvalue weighted by Gasteiger charge is 2.38. The predicted molar refractivity (Wildman–Crippen MR) is 118 cm³/mol. The van der Waals surface area contributed by atoms with E-state index in [1.54, 1.807) is 0 Å². The first kappa shape index (κ1) is 20.3. The van der Waals surface area contributed by atoms with Gasteiger partial charge in [-0.15, -0.1) is 0 Å². The van der Waals surface area contributed by atoms with Gasteiger partial charge < -0.3 is 14.4 Å². The van der Waals surface area contributed by atoms with Crippen LogP contribution in [0.2, 0.25) is 0 Å². The molecule has 0 saturated carbocycles. The highest BCUT2D eigenvalue weighted by Crippen LogP contribution is 2.46. The molecule has 0 aromatic heterocycles. The first-order valence-corrected chi connectivity index (χ1v) is 10.9. The van der Waals surface area contributed by atoms with E-state index in [0.717, 1.165) is 48.5 Å². The maximum atomic E-state index is 13.1. The zero-order valence-electron chi connectivity index (χ0n) is 17.8. The number of rotatable bonds is 5. The maximum absolute atomic E-state index is 13.1. The monoisotopic (exact) mass is 403 g/mol. The maximum Gasteiger partial charge on any atom is 0.338 e. The van der Waals surface area contributed by atoms with Gasteiger partial charge in [-0.3, -0.25) is 0 Å². The number of esters is 1. The predicted octanol–water partition coefficient (Wildman–Crippen LogP) is 5.49. The summed E-state index contributed by atoms with van der Waals surface area (Å²) in [5, 5.41) is 0. The third-order valence-electron chi connectivity index (χ3n) is 5.79. The van der Waals surface area contributed by atoms with Crippen LogP contribution in [-0.4, -0.2) is 30.6 Å². The van der Waals surface area contributed by atoms with E-state index in [1.807, 2.05) is 50.2 Å². The lowest BCUT2D eigenvalue weighted by Gasteiger charge is -2.38. The number of nitrogens with zero attached hydrogens (tertiary/aromatic N) is 1. The molecule has 0 aliphatic carbocycles. The molecule has 0 radical (unpaired) electrons. The van der Waals surface area contributed by atoms with Crippen LogP contribution in [0.3, 0.4) is 0 Å². The molecule has 4 heteroatoms. The van der Waals surface area contributed by atoms with Crippen LogP contribution in [0.1, 0.15) is 50.2 Å². The molecule has 1 atom stereocenters. The van der Waals surface area contributed by atoms with Crippen molar-refractivity contribution in [1.82, 2.24) is 4.90 Å². The van der Waals surface area contributed by atoms with Gasteiger partial charge >= 0.3 is 5.97 Å². The van der Waals surface area contributed by atoms with E-state index in [-0.39, 0.29) is 11.9 Å². The Balaban J connectivity index is 1.93. The third-order valence-corrected chi connectivity index (χ3v) is 5.79. The van der Waals surface area contributed by atoms with Gasteiger partial charge in [0.1, 0.15) is 5.76 Å². The number of hydrogen-bond acceptors (Lipinski definition) is 4. The molecular formula is C26H29NO3. The summed E-state index contributed by atoms with van der Waals surface area (Å²) in [5.74, 6) is 0.955. The van der Waals surface area contributed by atoms with Gasteiger partial charge in [-0.1, -0.05) is 60.7 Å². The molecule has 4 nitrogen and oxygen atoms in total. The molecule has 1 saturated heterocycles. The van der Waals surface area contributed by atoms with E-state index in [1.165, 1.54) is 6.42 Å². The fourth-order valence-corrected chi connectivity index (χ4v) is 4.42. The van der Waals surface area contributed by atoms with Crippen molar-refractivity contribution in [3.63, 3.8) is 0 Å². The Morgan fingerprint density at radius 2 is 1.63 bits per heavy atom. The van der Waals surface area contributed by atoms with E-state index in [9.17, 15) is 4.79 Å². The Morgan fingerprint density at radius 1 is 1.00 bits per heavy atom. The van der Waals surface area contributed by atoms with Crippen molar-refractivity contribution in [2.24, 2.45) is 0 Å². The van der Waals surface area contributed by atoms with Crippen molar-refractivity contribution in [3.8, 4) is 0 Å². The SMILES string of the molecule is CCOC(=O)C1=C(C)OC(N2CCCCC2)=C(c2ccccc2)[C@@H]1c1ccccc1. The van der Waals surface area contributed by atoms with Crippen LogP contribution in [-0.2, 0) is 14.3 Å². The van der Waals surface area contributed by atoms with Crippen molar-refractivity contribution >= 4 is 11.5 Å². The number of benzene rings is 2. The molecule has 4 rings (SSSR count). The second kappa shape index (κ2) is 9.21. The summed E-state index contributed by atoms with van der Waals surface area (Å²) in [6, 6.07) is 20.5. The van der Waals surface area contributed by atoms with Crippen molar-refractivity contribution in [1.29, 1.82) is 0 Å². The van der Waals surface area contributed by atoms with E-state index < -0.39 is 0 Å². The highest BCUT2D eigenvalue weighted by molar-refractivity contribution is 5.97. The molecule has 2 aromatic rings. The van der Waals surface area contributed by atoms with Crippen molar-refractivity contribution < 1.29 is 14.3 Å². The van der Waals surface area contributed by atoms with E-state index >= 15 is 0 Å². The van der Waals surface area contributed by atoms with Gasteiger partial charge in [-0.2, -0.15) is 0 Å². The van der Waals surface area contributed by atoms with Gasteiger partial charge in [-0.25, -0.2) is 4.79 Å². The topological polar surface area (TPSA) is 38.8 Å². The average molecular weight is 404 g/mol. The van der Waals surface area contributed by atoms with Crippen LogP contribution in [0.15, 0.2) is 77.9 Å². The first-order chi connectivity index (χ1) is 14.7. The molecule has 156 valence electrons. The smallest absolute Gasteiger partial charge is 0.338 e. The van der Waals surface area contributed by atoms with Crippen molar-refractivity contribution in [2.75, 3.05) is 19.7 Å². The molecule has 30 heavy (non-hydrogen) atoms. The molecule has 2 heterocycles. The van der Waals surface area contributed by atoms with Gasteiger partial charge in [0.05, 0.1) is 18.1 Å². The Hall–Kier alpha value is -3.01. The second-order valence-corrected chi connectivity index (χ2v) is 7.77. The largest absolute Gasteiger partial charge is 0.463 e. The Kier molecular flexibility index (Phi) is 6.22. The molecular weight excluding hydrogens is 374 g/mol. The Morgan fingerprint density at radius 3 is 2.27 bits per heavy atom. The van der Waals surface area contributed by atoms with E-state index in [2.05, 4.69) is 29.2 Å². The standard InChI is InChI=1S/C26H29NO3/c1-3-29-26(28)22-19(2)30-25(27-17-11-6-12-18-27)24(21-15-9-5-10-16-21)23(22)20-13-7-4-8-14-20/h4-5,7-10,13-16,23H,3,6,11-12,17-18H2,1-2H3/t23-/m1/s1. The summed E-state index contributed by atoms with van der Waals surface area (Å²) in [4.78, 5) is 15.4. The molecule has 2 aliphatic rings. The molecule has 2 aliphatic heterocycles. The van der Waals surface area contributed by atoms with Crippen molar-refractivity contribution in [2.45, 2.75) is 39.0 Å². The second-order valence-electron chi connectivity index (χ2n) is 7.77. The number of allylic oxidation sites excluding steroid dienone is 2.